The third kappa shape index (κ3) is 5.09. The number of carbonyl (C=O) groups excluding carboxylic acids is 2. The average Bonchev–Trinajstić information content (AvgIpc) is 3.31. The minimum Gasteiger partial charge on any atom is -0.483 e. The van der Waals surface area contributed by atoms with Gasteiger partial charge in [0.15, 0.2) is 12.4 Å². The number of fused-ring (bicyclic) bond motifs is 1. The highest BCUT2D eigenvalue weighted by Crippen LogP contribution is 2.32. The molecule has 3 N–H and O–H groups in total. The van der Waals surface area contributed by atoms with Gasteiger partial charge in [0.1, 0.15) is 5.75 Å². The van der Waals surface area contributed by atoms with E-state index >= 15 is 0 Å². The third-order valence-electron chi connectivity index (χ3n) is 5.61. The highest BCUT2D eigenvalue weighted by Gasteiger charge is 2.21. The number of anilines is 1. The number of nitrogens with zero attached hydrogens (tertiary/aromatic N) is 2. The molecular weight excluding hydrogens is 510 g/mol. The van der Waals surface area contributed by atoms with Crippen LogP contribution in [0.15, 0.2) is 65.3 Å². The van der Waals surface area contributed by atoms with Crippen molar-refractivity contribution in [2.75, 3.05) is 18.5 Å². The zero-order valence-electron chi connectivity index (χ0n) is 18.9. The van der Waals surface area contributed by atoms with Crippen molar-refractivity contribution in [1.29, 1.82) is 0 Å². The molecule has 0 aliphatic carbocycles. The van der Waals surface area contributed by atoms with Crippen molar-refractivity contribution >= 4 is 33.4 Å². The van der Waals surface area contributed by atoms with Crippen LogP contribution >= 0.6 is 15.9 Å². The van der Waals surface area contributed by atoms with Gasteiger partial charge in [-0.15, -0.1) is 0 Å². The van der Waals surface area contributed by atoms with Crippen molar-refractivity contribution in [3.05, 3.63) is 82.1 Å². The Hall–Kier alpha value is -3.98. The van der Waals surface area contributed by atoms with E-state index in [1.807, 2.05) is 49.4 Å². The molecule has 8 nitrogen and oxygen atoms in total. The molecule has 4 aromatic rings. The molecule has 2 aromatic carbocycles. The molecule has 176 valence electrons. The number of aromatic nitrogens is 3. The average molecular weight is 532 g/mol. The molecule has 0 radical (unpaired) electrons. The molecule has 0 bridgehead atoms. The van der Waals surface area contributed by atoms with Gasteiger partial charge in [0.25, 0.3) is 11.8 Å². The second kappa shape index (κ2) is 9.71. The molecule has 0 spiro atoms. The summed E-state index contributed by atoms with van der Waals surface area (Å²) >= 11 is 3.49. The zero-order chi connectivity index (χ0) is 24.4. The normalized spacial score (nSPS) is 12.6. The van der Waals surface area contributed by atoms with E-state index in [4.69, 9.17) is 9.72 Å². The number of aromatic amines is 1. The summed E-state index contributed by atoms with van der Waals surface area (Å²) in [5.74, 6) is 0.562. The van der Waals surface area contributed by atoms with E-state index in [9.17, 15) is 9.59 Å². The van der Waals surface area contributed by atoms with Gasteiger partial charge in [-0.25, -0.2) is 9.97 Å². The van der Waals surface area contributed by atoms with Crippen LogP contribution in [0.1, 0.15) is 21.6 Å². The molecule has 2 aromatic heterocycles. The van der Waals surface area contributed by atoms with Gasteiger partial charge >= 0.3 is 0 Å². The summed E-state index contributed by atoms with van der Waals surface area (Å²) in [5.41, 5.74) is 5.39. The number of hydrogen-bond acceptors (Lipinski definition) is 5. The van der Waals surface area contributed by atoms with Crippen molar-refractivity contribution in [2.45, 2.75) is 13.3 Å². The predicted molar refractivity (Wildman–Crippen MR) is 136 cm³/mol. The summed E-state index contributed by atoms with van der Waals surface area (Å²) in [4.78, 5) is 37.0. The van der Waals surface area contributed by atoms with Crippen LogP contribution in [-0.2, 0) is 11.2 Å². The van der Waals surface area contributed by atoms with Crippen LogP contribution in [0.4, 0.5) is 5.69 Å². The number of ether oxygens (including phenoxy) is 1. The molecule has 5 rings (SSSR count). The maximum Gasteiger partial charge on any atom is 0.262 e. The van der Waals surface area contributed by atoms with Crippen LogP contribution in [0.3, 0.4) is 0 Å². The Bertz CT molecular complexity index is 1420. The van der Waals surface area contributed by atoms with Crippen LogP contribution in [0, 0.1) is 6.92 Å². The number of nitrogens with one attached hydrogen (secondary N) is 3. The van der Waals surface area contributed by atoms with Crippen molar-refractivity contribution in [3.8, 4) is 28.5 Å². The van der Waals surface area contributed by atoms with Gasteiger partial charge < -0.3 is 20.4 Å². The van der Waals surface area contributed by atoms with Gasteiger partial charge in [-0.05, 0) is 49.4 Å². The molecule has 9 heteroatoms. The lowest BCUT2D eigenvalue weighted by Gasteiger charge is -2.12. The van der Waals surface area contributed by atoms with E-state index < -0.39 is 0 Å². The summed E-state index contributed by atoms with van der Waals surface area (Å²) in [5, 5.41) is 5.68. The van der Waals surface area contributed by atoms with Crippen LogP contribution in [0.25, 0.3) is 22.8 Å². The lowest BCUT2D eigenvalue weighted by Crippen LogP contribution is -2.31. The fraction of sp³-hybridized carbons (Fsp3) is 0.154. The van der Waals surface area contributed by atoms with Gasteiger partial charge in [0.05, 0.1) is 22.5 Å². The monoisotopic (exact) mass is 531 g/mol. The minimum atomic E-state index is -0.271. The largest absolute Gasteiger partial charge is 0.483 e. The topological polar surface area (TPSA) is 109 Å². The number of halogens is 1. The number of aryl methyl sites for hydroxylation is 1. The highest BCUT2D eigenvalue weighted by atomic mass is 79.9. The second-order valence-corrected chi connectivity index (χ2v) is 9.11. The first-order chi connectivity index (χ1) is 17.0. The Morgan fingerprint density at radius 3 is 2.74 bits per heavy atom. The standard InChI is InChI=1S/C26H22BrN5O3/c1-15-2-5-17(6-3-15)30-24(33)14-35-23-7-4-16(27)12-19(23)25-28-10-9-21(32-25)22-13-18-20(31-22)8-11-29-26(18)34/h2-7,9-10,12-13,31H,8,11,14H2,1H3,(H,29,34)(H,30,33). The number of benzene rings is 2. The first-order valence-electron chi connectivity index (χ1n) is 11.1. The molecular formula is C26H22BrN5O3. The summed E-state index contributed by atoms with van der Waals surface area (Å²) in [7, 11) is 0. The molecule has 2 amide bonds. The molecule has 0 saturated heterocycles. The number of amides is 2. The van der Waals surface area contributed by atoms with Crippen molar-refractivity contribution in [2.24, 2.45) is 0 Å². The van der Waals surface area contributed by atoms with E-state index in [0.29, 0.717) is 40.6 Å². The highest BCUT2D eigenvalue weighted by molar-refractivity contribution is 9.10. The fourth-order valence-electron chi connectivity index (χ4n) is 3.85. The molecule has 0 fully saturated rings. The van der Waals surface area contributed by atoms with Gasteiger partial charge in [0, 0.05) is 35.0 Å². The van der Waals surface area contributed by atoms with Gasteiger partial charge in [-0.2, -0.15) is 0 Å². The number of hydrogen-bond donors (Lipinski definition) is 3. The van der Waals surface area contributed by atoms with Crippen molar-refractivity contribution < 1.29 is 14.3 Å². The molecule has 0 atom stereocenters. The quantitative estimate of drug-likeness (QED) is 0.339. The van der Waals surface area contributed by atoms with Crippen molar-refractivity contribution in [1.82, 2.24) is 20.3 Å². The lowest BCUT2D eigenvalue weighted by atomic mass is 10.1. The molecule has 0 unspecified atom stereocenters. The summed E-state index contributed by atoms with van der Waals surface area (Å²) < 4.78 is 6.68. The minimum absolute atomic E-state index is 0.0883. The number of H-pyrrole nitrogens is 1. The zero-order valence-corrected chi connectivity index (χ0v) is 20.5. The van der Waals surface area contributed by atoms with E-state index in [0.717, 1.165) is 27.8 Å². The molecule has 1 aliphatic heterocycles. The Kier molecular flexibility index (Phi) is 6.33. The Balaban J connectivity index is 1.38. The third-order valence-corrected chi connectivity index (χ3v) is 6.11. The number of carbonyl (C=O) groups is 2. The molecule has 0 saturated carbocycles. The maximum atomic E-state index is 12.4. The SMILES string of the molecule is Cc1ccc(NC(=O)COc2ccc(Br)cc2-c2nccc(-c3cc4c([nH]3)CCNC4=O)n2)cc1. The van der Waals surface area contributed by atoms with Gasteiger partial charge in [0.2, 0.25) is 0 Å². The van der Waals surface area contributed by atoms with Crippen molar-refractivity contribution in [3.63, 3.8) is 0 Å². The Morgan fingerprint density at radius 2 is 1.94 bits per heavy atom. The second-order valence-electron chi connectivity index (χ2n) is 8.19. The first kappa shape index (κ1) is 22.8. The molecule has 1 aliphatic rings. The first-order valence-corrected chi connectivity index (χ1v) is 11.9. The summed E-state index contributed by atoms with van der Waals surface area (Å²) in [6.07, 6.45) is 2.40. The van der Waals surface area contributed by atoms with E-state index in [2.05, 4.69) is 36.5 Å². The van der Waals surface area contributed by atoms with Gasteiger partial charge in [-0.3, -0.25) is 9.59 Å². The molecule has 35 heavy (non-hydrogen) atoms. The number of rotatable bonds is 6. The fourth-order valence-corrected chi connectivity index (χ4v) is 4.21. The summed E-state index contributed by atoms with van der Waals surface area (Å²) in [6.45, 7) is 2.43. The van der Waals surface area contributed by atoms with E-state index in [1.165, 1.54) is 0 Å². The van der Waals surface area contributed by atoms with Crippen LogP contribution in [0.2, 0.25) is 0 Å². The van der Waals surface area contributed by atoms with Gasteiger partial charge in [-0.1, -0.05) is 33.6 Å². The van der Waals surface area contributed by atoms with Crippen LogP contribution in [-0.4, -0.2) is 39.9 Å². The lowest BCUT2D eigenvalue weighted by molar-refractivity contribution is -0.118. The van der Waals surface area contributed by atoms with Crippen LogP contribution in [0.5, 0.6) is 5.75 Å². The summed E-state index contributed by atoms with van der Waals surface area (Å²) in [6, 6.07) is 16.6. The maximum absolute atomic E-state index is 12.4. The van der Waals surface area contributed by atoms with E-state index in [-0.39, 0.29) is 18.4 Å². The molecule has 3 heterocycles. The Morgan fingerprint density at radius 1 is 1.11 bits per heavy atom. The van der Waals surface area contributed by atoms with Crippen LogP contribution < -0.4 is 15.4 Å². The van der Waals surface area contributed by atoms with E-state index in [1.54, 1.807) is 18.3 Å². The Labute approximate surface area is 210 Å². The smallest absolute Gasteiger partial charge is 0.262 e. The predicted octanol–water partition coefficient (Wildman–Crippen LogP) is 4.51.